The minimum Gasteiger partial charge on any atom is -0.378 e. The number of piperidine rings is 1. The predicted molar refractivity (Wildman–Crippen MR) is 123 cm³/mol. The Morgan fingerprint density at radius 3 is 2.69 bits per heavy atom. The Morgan fingerprint density at radius 2 is 1.97 bits per heavy atom. The molecule has 12 heteroatoms. The third-order valence-electron chi connectivity index (χ3n) is 6.85. The Bertz CT molecular complexity index is 1370. The highest BCUT2D eigenvalue weighted by Crippen LogP contribution is 2.29. The van der Waals surface area contributed by atoms with Crippen LogP contribution in [0.5, 0.6) is 0 Å². The van der Waals surface area contributed by atoms with Gasteiger partial charge >= 0.3 is 0 Å². The molecule has 0 spiro atoms. The predicted octanol–water partition coefficient (Wildman–Crippen LogP) is 3.13. The molecule has 0 saturated carbocycles. The van der Waals surface area contributed by atoms with E-state index >= 15 is 4.39 Å². The third kappa shape index (κ3) is 4.10. The molecule has 0 aromatic carbocycles. The molecule has 9 nitrogen and oxygen atoms in total. The van der Waals surface area contributed by atoms with Crippen LogP contribution in [0.1, 0.15) is 18.7 Å². The molecular weight excluding hydrogens is 461 g/mol. The van der Waals surface area contributed by atoms with E-state index in [2.05, 4.69) is 30.3 Å². The minimum atomic E-state index is -2.55. The average Bonchev–Trinajstić information content (AvgIpc) is 3.28. The van der Waals surface area contributed by atoms with Crippen LogP contribution < -0.4 is 5.32 Å². The summed E-state index contributed by atoms with van der Waals surface area (Å²) < 4.78 is 49.2. The number of rotatable bonds is 6. The van der Waals surface area contributed by atoms with E-state index in [1.807, 2.05) is 0 Å². The van der Waals surface area contributed by atoms with E-state index in [9.17, 15) is 8.78 Å². The van der Waals surface area contributed by atoms with Gasteiger partial charge in [-0.25, -0.2) is 32.6 Å². The maximum absolute atomic E-state index is 15.0. The number of nitrogens with one attached hydrogen (secondary N) is 1. The molecule has 35 heavy (non-hydrogen) atoms. The molecule has 2 fully saturated rings. The number of anilines is 1. The first-order valence-electron chi connectivity index (χ1n) is 11.7. The second kappa shape index (κ2) is 8.76. The summed E-state index contributed by atoms with van der Waals surface area (Å²) in [7, 11) is 0. The van der Waals surface area contributed by atoms with Gasteiger partial charge in [0.05, 0.1) is 55.0 Å². The largest absolute Gasteiger partial charge is 0.378 e. The number of halogens is 3. The van der Waals surface area contributed by atoms with Crippen molar-refractivity contribution in [2.24, 2.45) is 0 Å². The number of pyridine rings is 1. The smallest absolute Gasteiger partial charge is 0.256 e. The fourth-order valence-electron chi connectivity index (χ4n) is 4.89. The van der Waals surface area contributed by atoms with Gasteiger partial charge < -0.3 is 14.6 Å². The molecule has 6 rings (SSSR count). The number of aryl methyl sites for hydroxylation is 1. The van der Waals surface area contributed by atoms with Crippen LogP contribution in [0, 0.1) is 12.7 Å². The van der Waals surface area contributed by atoms with Crippen molar-refractivity contribution in [2.75, 3.05) is 31.6 Å². The molecule has 0 radical (unpaired) electrons. The lowest BCUT2D eigenvalue weighted by Crippen LogP contribution is -2.53. The van der Waals surface area contributed by atoms with Crippen LogP contribution in [0.2, 0.25) is 0 Å². The molecule has 6 heterocycles. The van der Waals surface area contributed by atoms with Gasteiger partial charge in [0.15, 0.2) is 11.5 Å². The zero-order valence-corrected chi connectivity index (χ0v) is 19.2. The molecule has 184 valence electrons. The number of fused-ring (bicyclic) bond motifs is 2. The molecule has 0 amide bonds. The Hall–Kier alpha value is -3.25. The normalized spacial score (nSPS) is 18.1. The lowest BCUT2D eigenvalue weighted by molar-refractivity contribution is -0.0705. The van der Waals surface area contributed by atoms with E-state index in [0.717, 1.165) is 39.1 Å². The van der Waals surface area contributed by atoms with Gasteiger partial charge in [0.25, 0.3) is 6.43 Å². The standard InChI is InChI=1S/C23H25F3N8O/c1-13-28-18-3-2-17(30-22(18)33(13)10-20(25)26)21-16(24)9-34-19(21)8-27-23(31-34)29-14-4-6-32(7-5-14)15-11-35-12-15/h2-3,8-9,14-15,20H,4-7,10-12H2,1H3,(H,29,31). The van der Waals surface area contributed by atoms with Crippen LogP contribution in [0.3, 0.4) is 0 Å². The second-order valence-corrected chi connectivity index (χ2v) is 9.11. The highest BCUT2D eigenvalue weighted by Gasteiger charge is 2.30. The van der Waals surface area contributed by atoms with Crippen LogP contribution >= 0.6 is 0 Å². The summed E-state index contributed by atoms with van der Waals surface area (Å²) >= 11 is 0. The van der Waals surface area contributed by atoms with Crippen molar-refractivity contribution in [2.45, 2.75) is 44.8 Å². The van der Waals surface area contributed by atoms with E-state index in [4.69, 9.17) is 4.74 Å². The second-order valence-electron chi connectivity index (χ2n) is 9.11. The van der Waals surface area contributed by atoms with Crippen LogP contribution in [-0.4, -0.2) is 78.8 Å². The average molecular weight is 487 g/mol. The van der Waals surface area contributed by atoms with E-state index in [-0.39, 0.29) is 17.3 Å². The van der Waals surface area contributed by atoms with Gasteiger partial charge in [0.2, 0.25) is 5.95 Å². The fourth-order valence-corrected chi connectivity index (χ4v) is 4.89. The molecule has 0 unspecified atom stereocenters. The maximum atomic E-state index is 15.0. The molecule has 0 bridgehead atoms. The molecule has 2 saturated heterocycles. The Kier molecular flexibility index (Phi) is 5.56. The van der Waals surface area contributed by atoms with Crippen molar-refractivity contribution in [3.05, 3.63) is 36.2 Å². The number of nitrogens with zero attached hydrogens (tertiary/aromatic N) is 7. The highest BCUT2D eigenvalue weighted by atomic mass is 19.3. The molecule has 2 aliphatic heterocycles. The van der Waals surface area contributed by atoms with Crippen molar-refractivity contribution >= 4 is 22.6 Å². The summed E-state index contributed by atoms with van der Waals surface area (Å²) in [5, 5.41) is 7.83. The fraction of sp³-hybridized carbons (Fsp3) is 0.478. The number of alkyl halides is 2. The van der Waals surface area contributed by atoms with Crippen molar-refractivity contribution in [3.63, 3.8) is 0 Å². The van der Waals surface area contributed by atoms with E-state index in [1.165, 1.54) is 15.3 Å². The van der Waals surface area contributed by atoms with Gasteiger partial charge in [-0.1, -0.05) is 0 Å². The topological polar surface area (TPSA) is 85.4 Å². The SMILES string of the molecule is Cc1nc2ccc(-c3c(F)cn4nc(NC5CCN(C6COC6)CC5)ncc34)nc2n1CC(F)F. The molecule has 4 aromatic heterocycles. The number of aromatic nitrogens is 6. The van der Waals surface area contributed by atoms with Crippen molar-refractivity contribution < 1.29 is 17.9 Å². The van der Waals surface area contributed by atoms with Gasteiger partial charge in [0, 0.05) is 19.1 Å². The maximum Gasteiger partial charge on any atom is 0.256 e. The summed E-state index contributed by atoms with van der Waals surface area (Å²) in [5.74, 6) is 0.340. The molecule has 0 aliphatic carbocycles. The molecule has 4 aromatic rings. The van der Waals surface area contributed by atoms with Gasteiger partial charge in [-0.2, -0.15) is 0 Å². The number of likely N-dealkylation sites (tertiary alicyclic amines) is 1. The summed E-state index contributed by atoms with van der Waals surface area (Å²) in [5.41, 5.74) is 1.74. The molecule has 0 atom stereocenters. The van der Waals surface area contributed by atoms with E-state index < -0.39 is 18.8 Å². The van der Waals surface area contributed by atoms with Crippen molar-refractivity contribution in [1.29, 1.82) is 0 Å². The molecular formula is C23H25F3N8O. The van der Waals surface area contributed by atoms with Crippen LogP contribution in [0.15, 0.2) is 24.5 Å². The quantitative estimate of drug-likeness (QED) is 0.448. The first-order chi connectivity index (χ1) is 17.0. The van der Waals surface area contributed by atoms with Gasteiger partial charge in [-0.15, -0.1) is 5.10 Å². The van der Waals surface area contributed by atoms with Crippen molar-refractivity contribution in [1.82, 2.24) is 34.0 Å². The Balaban J connectivity index is 1.25. The summed E-state index contributed by atoms with van der Waals surface area (Å²) in [6, 6.07) is 4.07. The molecule has 1 N–H and O–H groups in total. The van der Waals surface area contributed by atoms with Gasteiger partial charge in [-0.3, -0.25) is 4.90 Å². The first-order valence-corrected chi connectivity index (χ1v) is 11.7. The van der Waals surface area contributed by atoms with Gasteiger partial charge in [0.1, 0.15) is 11.3 Å². The lowest BCUT2D eigenvalue weighted by atomic mass is 10.0. The van der Waals surface area contributed by atoms with Crippen LogP contribution in [0.4, 0.5) is 19.1 Å². The number of hydrogen-bond acceptors (Lipinski definition) is 7. The lowest BCUT2D eigenvalue weighted by Gasteiger charge is -2.41. The summed E-state index contributed by atoms with van der Waals surface area (Å²) in [4.78, 5) is 15.6. The monoisotopic (exact) mass is 486 g/mol. The highest BCUT2D eigenvalue weighted by molar-refractivity contribution is 5.83. The Labute approximate surface area is 198 Å². The zero-order valence-electron chi connectivity index (χ0n) is 19.2. The van der Waals surface area contributed by atoms with Gasteiger partial charge in [-0.05, 0) is 31.9 Å². The van der Waals surface area contributed by atoms with E-state index in [0.29, 0.717) is 34.5 Å². The Morgan fingerprint density at radius 1 is 1.17 bits per heavy atom. The number of imidazole rings is 1. The van der Waals surface area contributed by atoms with Crippen LogP contribution in [-0.2, 0) is 11.3 Å². The summed E-state index contributed by atoms with van der Waals surface area (Å²) in [6.45, 7) is 4.73. The first kappa shape index (κ1) is 22.2. The van der Waals surface area contributed by atoms with Crippen molar-refractivity contribution in [3.8, 4) is 11.3 Å². The van der Waals surface area contributed by atoms with E-state index in [1.54, 1.807) is 25.3 Å². The zero-order chi connectivity index (χ0) is 24.1. The molecule has 2 aliphatic rings. The van der Waals surface area contributed by atoms with Crippen LogP contribution in [0.25, 0.3) is 27.9 Å². The minimum absolute atomic E-state index is 0.219. The number of hydrogen-bond donors (Lipinski definition) is 1. The third-order valence-corrected chi connectivity index (χ3v) is 6.85. The summed E-state index contributed by atoms with van der Waals surface area (Å²) in [6.07, 6.45) is 2.23. The number of ether oxygens (including phenoxy) is 1.